The van der Waals surface area contributed by atoms with Gasteiger partial charge in [-0.15, -0.1) is 0 Å². The quantitative estimate of drug-likeness (QED) is 0.663. The second-order valence-corrected chi connectivity index (χ2v) is 5.21. The third kappa shape index (κ3) is 2.53. The first-order valence-corrected chi connectivity index (χ1v) is 6.74. The topological polar surface area (TPSA) is 29.5 Å². The zero-order valence-corrected chi connectivity index (χ0v) is 11.8. The molecule has 0 aliphatic heterocycles. The number of hydrogen-bond donors (Lipinski definition) is 1. The lowest BCUT2D eigenvalue weighted by atomic mass is 10.1. The van der Waals surface area contributed by atoms with E-state index >= 15 is 0 Å². The maximum Gasteiger partial charge on any atom is 0.169 e. The van der Waals surface area contributed by atoms with E-state index in [0.29, 0.717) is 21.5 Å². The van der Waals surface area contributed by atoms with Crippen LogP contribution in [0.15, 0.2) is 54.6 Å². The standard InChI is InChI=1S/C16H10Cl2O2/c17-11-5-6-13-10(7-11)8-12(18)9-16(13)20-15-4-2-1-3-14(15)19/h1-9,19H. The number of phenolic OH excluding ortho intramolecular Hbond substituents is 1. The summed E-state index contributed by atoms with van der Waals surface area (Å²) in [5, 5.41) is 12.7. The maximum absolute atomic E-state index is 9.78. The zero-order valence-electron chi connectivity index (χ0n) is 10.3. The van der Waals surface area contributed by atoms with Gasteiger partial charge in [-0.25, -0.2) is 0 Å². The molecule has 3 aromatic carbocycles. The van der Waals surface area contributed by atoms with Gasteiger partial charge < -0.3 is 9.84 Å². The first-order valence-electron chi connectivity index (χ1n) is 5.98. The summed E-state index contributed by atoms with van der Waals surface area (Å²) in [6, 6.07) is 15.8. The van der Waals surface area contributed by atoms with Gasteiger partial charge in [0.15, 0.2) is 11.5 Å². The molecular weight excluding hydrogens is 295 g/mol. The Morgan fingerprint density at radius 1 is 0.800 bits per heavy atom. The number of ether oxygens (including phenoxy) is 1. The fraction of sp³-hybridized carbons (Fsp3) is 0. The van der Waals surface area contributed by atoms with Crippen LogP contribution in [0.3, 0.4) is 0 Å². The Labute approximate surface area is 126 Å². The van der Waals surface area contributed by atoms with E-state index in [0.717, 1.165) is 10.8 Å². The molecule has 0 radical (unpaired) electrons. The van der Waals surface area contributed by atoms with Crippen molar-refractivity contribution in [2.45, 2.75) is 0 Å². The summed E-state index contributed by atoms with van der Waals surface area (Å²) in [4.78, 5) is 0. The van der Waals surface area contributed by atoms with Gasteiger partial charge in [-0.3, -0.25) is 0 Å². The molecule has 0 heterocycles. The second-order valence-electron chi connectivity index (χ2n) is 4.34. The molecule has 2 nitrogen and oxygen atoms in total. The van der Waals surface area contributed by atoms with E-state index in [4.69, 9.17) is 27.9 Å². The molecule has 0 fully saturated rings. The Morgan fingerprint density at radius 2 is 1.55 bits per heavy atom. The largest absolute Gasteiger partial charge is 0.504 e. The van der Waals surface area contributed by atoms with E-state index < -0.39 is 0 Å². The maximum atomic E-state index is 9.78. The SMILES string of the molecule is Oc1ccccc1Oc1cc(Cl)cc2cc(Cl)ccc12. The van der Waals surface area contributed by atoms with Crippen molar-refractivity contribution in [1.82, 2.24) is 0 Å². The first kappa shape index (κ1) is 13.1. The van der Waals surface area contributed by atoms with Crippen molar-refractivity contribution >= 4 is 34.0 Å². The molecule has 100 valence electrons. The molecule has 3 rings (SSSR count). The molecule has 1 N–H and O–H groups in total. The lowest BCUT2D eigenvalue weighted by Crippen LogP contribution is -1.87. The highest BCUT2D eigenvalue weighted by molar-refractivity contribution is 6.33. The number of fused-ring (bicyclic) bond motifs is 1. The molecule has 20 heavy (non-hydrogen) atoms. The van der Waals surface area contributed by atoms with Crippen molar-refractivity contribution < 1.29 is 9.84 Å². The van der Waals surface area contributed by atoms with E-state index in [1.807, 2.05) is 18.2 Å². The number of aromatic hydroxyl groups is 1. The van der Waals surface area contributed by atoms with Crippen molar-refractivity contribution in [2.75, 3.05) is 0 Å². The van der Waals surface area contributed by atoms with Crippen LogP contribution < -0.4 is 4.74 Å². The van der Waals surface area contributed by atoms with Gasteiger partial charge in [0.1, 0.15) is 5.75 Å². The first-order chi connectivity index (χ1) is 9.63. The summed E-state index contributed by atoms with van der Waals surface area (Å²) in [6.07, 6.45) is 0. The van der Waals surface area contributed by atoms with Gasteiger partial charge in [0, 0.05) is 21.5 Å². The average molecular weight is 305 g/mol. The Morgan fingerprint density at radius 3 is 2.35 bits per heavy atom. The summed E-state index contributed by atoms with van der Waals surface area (Å²) in [7, 11) is 0. The number of para-hydroxylation sites is 2. The molecule has 0 unspecified atom stereocenters. The van der Waals surface area contributed by atoms with Crippen molar-refractivity contribution in [3.05, 3.63) is 64.6 Å². The summed E-state index contributed by atoms with van der Waals surface area (Å²) >= 11 is 12.1. The monoisotopic (exact) mass is 304 g/mol. The van der Waals surface area contributed by atoms with Crippen LogP contribution in [0, 0.1) is 0 Å². The van der Waals surface area contributed by atoms with Gasteiger partial charge >= 0.3 is 0 Å². The fourth-order valence-corrected chi connectivity index (χ4v) is 2.41. The van der Waals surface area contributed by atoms with E-state index in [1.54, 1.807) is 36.4 Å². The van der Waals surface area contributed by atoms with Gasteiger partial charge in [0.25, 0.3) is 0 Å². The van der Waals surface area contributed by atoms with Crippen molar-refractivity contribution in [1.29, 1.82) is 0 Å². The Balaban J connectivity index is 2.14. The van der Waals surface area contributed by atoms with E-state index in [1.165, 1.54) is 0 Å². The normalized spacial score (nSPS) is 10.7. The Bertz CT molecular complexity index is 779. The molecule has 4 heteroatoms. The highest BCUT2D eigenvalue weighted by Gasteiger charge is 2.08. The number of halogens is 2. The molecule has 0 aliphatic carbocycles. The smallest absolute Gasteiger partial charge is 0.169 e. The predicted molar refractivity (Wildman–Crippen MR) is 82.1 cm³/mol. The summed E-state index contributed by atoms with van der Waals surface area (Å²) in [6.45, 7) is 0. The third-order valence-corrected chi connectivity index (χ3v) is 3.38. The molecule has 0 atom stereocenters. The van der Waals surface area contributed by atoms with E-state index in [9.17, 15) is 5.11 Å². The highest BCUT2D eigenvalue weighted by atomic mass is 35.5. The van der Waals surface area contributed by atoms with Crippen molar-refractivity contribution in [3.63, 3.8) is 0 Å². The predicted octanol–water partition coefficient (Wildman–Crippen LogP) is 5.64. The van der Waals surface area contributed by atoms with Gasteiger partial charge in [-0.2, -0.15) is 0 Å². The minimum Gasteiger partial charge on any atom is -0.504 e. The fourth-order valence-electron chi connectivity index (χ4n) is 2.02. The molecule has 0 aromatic heterocycles. The lowest BCUT2D eigenvalue weighted by molar-refractivity contribution is 0.413. The van der Waals surface area contributed by atoms with Crippen molar-refractivity contribution in [3.8, 4) is 17.2 Å². The molecule has 0 aliphatic rings. The third-order valence-electron chi connectivity index (χ3n) is 2.93. The van der Waals surface area contributed by atoms with Crippen LogP contribution in [0.1, 0.15) is 0 Å². The molecule has 0 bridgehead atoms. The summed E-state index contributed by atoms with van der Waals surface area (Å²) in [5.41, 5.74) is 0. The molecule has 0 spiro atoms. The number of phenols is 1. The summed E-state index contributed by atoms with van der Waals surface area (Å²) < 4.78 is 5.77. The number of benzene rings is 3. The van der Waals surface area contributed by atoms with Crippen molar-refractivity contribution in [2.24, 2.45) is 0 Å². The summed E-state index contributed by atoms with van der Waals surface area (Å²) in [5.74, 6) is 1.03. The average Bonchev–Trinajstić information content (AvgIpc) is 2.40. The number of rotatable bonds is 2. The number of hydrogen-bond acceptors (Lipinski definition) is 2. The Hall–Kier alpha value is -1.90. The lowest BCUT2D eigenvalue weighted by Gasteiger charge is -2.11. The highest BCUT2D eigenvalue weighted by Crippen LogP contribution is 2.37. The van der Waals surface area contributed by atoms with Gasteiger partial charge in [-0.1, -0.05) is 35.3 Å². The van der Waals surface area contributed by atoms with Gasteiger partial charge in [0.05, 0.1) is 0 Å². The molecular formula is C16H10Cl2O2. The molecule has 3 aromatic rings. The van der Waals surface area contributed by atoms with Crippen LogP contribution in [0.4, 0.5) is 0 Å². The minimum atomic E-state index is 0.0783. The molecule has 0 saturated heterocycles. The second kappa shape index (κ2) is 5.23. The van der Waals surface area contributed by atoms with Gasteiger partial charge in [-0.05, 0) is 41.8 Å². The minimum absolute atomic E-state index is 0.0783. The van der Waals surface area contributed by atoms with Crippen LogP contribution in [0.2, 0.25) is 10.0 Å². The van der Waals surface area contributed by atoms with E-state index in [2.05, 4.69) is 0 Å². The van der Waals surface area contributed by atoms with Crippen LogP contribution in [-0.4, -0.2) is 5.11 Å². The van der Waals surface area contributed by atoms with Crippen LogP contribution in [0.25, 0.3) is 10.8 Å². The zero-order chi connectivity index (χ0) is 14.1. The van der Waals surface area contributed by atoms with E-state index in [-0.39, 0.29) is 5.75 Å². The van der Waals surface area contributed by atoms with Crippen LogP contribution >= 0.6 is 23.2 Å². The Kier molecular flexibility index (Phi) is 3.43. The van der Waals surface area contributed by atoms with Crippen LogP contribution in [-0.2, 0) is 0 Å². The van der Waals surface area contributed by atoms with Crippen LogP contribution in [0.5, 0.6) is 17.2 Å². The molecule has 0 amide bonds. The molecule has 0 saturated carbocycles. The van der Waals surface area contributed by atoms with Gasteiger partial charge in [0.2, 0.25) is 0 Å².